The Bertz CT molecular complexity index is 611. The Balaban J connectivity index is 2.82. The maximum atomic E-state index is 13.6. The maximum Gasteiger partial charge on any atom is 0.407 e. The van der Waals surface area contributed by atoms with Crippen molar-refractivity contribution in [1.29, 1.82) is 0 Å². The average molecular weight is 352 g/mol. The van der Waals surface area contributed by atoms with Gasteiger partial charge in [0.2, 0.25) is 0 Å². The third-order valence-corrected chi connectivity index (χ3v) is 3.76. The first kappa shape index (κ1) is 20.9. The number of nitrogens with one attached hydrogen (secondary N) is 1. The molecule has 0 bridgehead atoms. The van der Waals surface area contributed by atoms with Crippen LogP contribution < -0.4 is 5.32 Å². The summed E-state index contributed by atoms with van der Waals surface area (Å²) in [5.41, 5.74) is 0.594. The molecule has 0 aliphatic rings. The van der Waals surface area contributed by atoms with E-state index in [0.29, 0.717) is 18.5 Å². The zero-order chi connectivity index (χ0) is 19.2. The molecule has 5 nitrogen and oxygen atoms in total. The number of halogens is 1. The van der Waals surface area contributed by atoms with Gasteiger partial charge in [-0.3, -0.25) is 4.79 Å². The standard InChI is InChI=1S/C19H29FN2O3/c1-7-14-9-10-15(20)11-16(14)17(23)22(8-2)13(3)12-21-18(24)25-19(4,5)6/h9-11,13H,7-8,12H2,1-6H3,(H,21,24). The molecule has 0 aliphatic heterocycles. The molecule has 0 saturated heterocycles. The Labute approximate surface area is 149 Å². The highest BCUT2D eigenvalue weighted by atomic mass is 19.1. The molecular weight excluding hydrogens is 323 g/mol. The molecule has 2 amide bonds. The van der Waals surface area contributed by atoms with Crippen molar-refractivity contribution in [2.45, 2.75) is 59.6 Å². The fourth-order valence-corrected chi connectivity index (χ4v) is 2.52. The largest absolute Gasteiger partial charge is 0.444 e. The SMILES string of the molecule is CCc1ccc(F)cc1C(=O)N(CC)C(C)CNC(=O)OC(C)(C)C. The summed E-state index contributed by atoms with van der Waals surface area (Å²) in [7, 11) is 0. The van der Waals surface area contributed by atoms with Gasteiger partial charge in [-0.25, -0.2) is 9.18 Å². The summed E-state index contributed by atoms with van der Waals surface area (Å²) >= 11 is 0. The molecule has 1 rings (SSSR count). The number of amides is 2. The fourth-order valence-electron chi connectivity index (χ4n) is 2.52. The molecule has 0 saturated carbocycles. The molecule has 0 aromatic heterocycles. The Hall–Kier alpha value is -2.11. The zero-order valence-electron chi connectivity index (χ0n) is 16.0. The summed E-state index contributed by atoms with van der Waals surface area (Å²) in [4.78, 5) is 26.2. The maximum absolute atomic E-state index is 13.6. The van der Waals surface area contributed by atoms with Crippen molar-refractivity contribution in [1.82, 2.24) is 10.2 Å². The molecule has 0 fully saturated rings. The van der Waals surface area contributed by atoms with Gasteiger partial charge in [0.25, 0.3) is 5.91 Å². The average Bonchev–Trinajstić information content (AvgIpc) is 2.51. The van der Waals surface area contributed by atoms with Crippen molar-refractivity contribution >= 4 is 12.0 Å². The quantitative estimate of drug-likeness (QED) is 0.848. The minimum Gasteiger partial charge on any atom is -0.444 e. The van der Waals surface area contributed by atoms with Crippen LogP contribution in [-0.4, -0.2) is 41.6 Å². The molecule has 1 N–H and O–H groups in total. The van der Waals surface area contributed by atoms with Crippen LogP contribution in [0.5, 0.6) is 0 Å². The van der Waals surface area contributed by atoms with Gasteiger partial charge in [0, 0.05) is 24.7 Å². The van der Waals surface area contributed by atoms with Gasteiger partial charge in [-0.2, -0.15) is 0 Å². The molecule has 25 heavy (non-hydrogen) atoms. The van der Waals surface area contributed by atoms with Crippen molar-refractivity contribution in [2.75, 3.05) is 13.1 Å². The van der Waals surface area contributed by atoms with E-state index in [-0.39, 0.29) is 18.5 Å². The molecule has 0 spiro atoms. The number of likely N-dealkylation sites (N-methyl/N-ethyl adjacent to an activating group) is 1. The molecular formula is C19H29FN2O3. The van der Waals surface area contributed by atoms with E-state index in [9.17, 15) is 14.0 Å². The van der Waals surface area contributed by atoms with Crippen molar-refractivity contribution in [2.24, 2.45) is 0 Å². The first-order valence-electron chi connectivity index (χ1n) is 8.65. The number of ether oxygens (including phenoxy) is 1. The topological polar surface area (TPSA) is 58.6 Å². The lowest BCUT2D eigenvalue weighted by molar-refractivity contribution is 0.0494. The van der Waals surface area contributed by atoms with Crippen LogP contribution >= 0.6 is 0 Å². The number of aryl methyl sites for hydroxylation is 1. The normalized spacial score (nSPS) is 12.4. The van der Waals surface area contributed by atoms with Crippen LogP contribution in [-0.2, 0) is 11.2 Å². The third kappa shape index (κ3) is 6.36. The second-order valence-corrected chi connectivity index (χ2v) is 6.98. The van der Waals surface area contributed by atoms with Crippen molar-refractivity contribution < 1.29 is 18.7 Å². The van der Waals surface area contributed by atoms with Crippen molar-refractivity contribution in [3.05, 3.63) is 35.1 Å². The molecule has 1 atom stereocenters. The number of rotatable bonds is 6. The van der Waals surface area contributed by atoms with E-state index in [4.69, 9.17) is 4.74 Å². The monoisotopic (exact) mass is 352 g/mol. The van der Waals surface area contributed by atoms with Gasteiger partial charge in [0.1, 0.15) is 11.4 Å². The third-order valence-electron chi connectivity index (χ3n) is 3.76. The van der Waals surface area contributed by atoms with E-state index < -0.39 is 17.5 Å². The van der Waals surface area contributed by atoms with Crippen LogP contribution in [0.1, 0.15) is 57.5 Å². The minimum absolute atomic E-state index is 0.239. The highest BCUT2D eigenvalue weighted by Crippen LogP contribution is 2.16. The lowest BCUT2D eigenvalue weighted by Gasteiger charge is -2.29. The first-order chi connectivity index (χ1) is 11.6. The van der Waals surface area contributed by atoms with E-state index in [1.807, 2.05) is 20.8 Å². The van der Waals surface area contributed by atoms with E-state index in [0.717, 1.165) is 5.56 Å². The van der Waals surface area contributed by atoms with E-state index in [1.54, 1.807) is 31.7 Å². The van der Waals surface area contributed by atoms with Crippen LogP contribution in [0.15, 0.2) is 18.2 Å². The van der Waals surface area contributed by atoms with Gasteiger partial charge < -0.3 is 15.0 Å². The molecule has 0 radical (unpaired) electrons. The number of hydrogen-bond donors (Lipinski definition) is 1. The summed E-state index contributed by atoms with van der Waals surface area (Å²) in [6, 6.07) is 4.02. The molecule has 1 aromatic rings. The number of benzene rings is 1. The molecule has 0 aliphatic carbocycles. The fraction of sp³-hybridized carbons (Fsp3) is 0.579. The number of hydrogen-bond acceptors (Lipinski definition) is 3. The number of nitrogens with zero attached hydrogens (tertiary/aromatic N) is 1. The Kier molecular flexibility index (Phi) is 7.39. The lowest BCUT2D eigenvalue weighted by atomic mass is 10.0. The van der Waals surface area contributed by atoms with Gasteiger partial charge in [0.05, 0.1) is 0 Å². The van der Waals surface area contributed by atoms with Gasteiger partial charge in [-0.05, 0) is 58.7 Å². The summed E-state index contributed by atoms with van der Waals surface area (Å²) in [6.07, 6.45) is 0.117. The van der Waals surface area contributed by atoms with Crippen LogP contribution in [0.2, 0.25) is 0 Å². The van der Waals surface area contributed by atoms with Gasteiger partial charge in [-0.15, -0.1) is 0 Å². The minimum atomic E-state index is -0.578. The predicted octanol–water partition coefficient (Wildman–Crippen LogP) is 3.76. The van der Waals surface area contributed by atoms with E-state index >= 15 is 0 Å². The Morgan fingerprint density at radius 3 is 2.44 bits per heavy atom. The van der Waals surface area contributed by atoms with Crippen molar-refractivity contribution in [3.8, 4) is 0 Å². The second kappa shape index (κ2) is 8.83. The summed E-state index contributed by atoms with van der Waals surface area (Å²) in [5, 5.41) is 2.67. The van der Waals surface area contributed by atoms with Gasteiger partial charge >= 0.3 is 6.09 Å². The van der Waals surface area contributed by atoms with Crippen LogP contribution in [0.3, 0.4) is 0 Å². The molecule has 6 heteroatoms. The Morgan fingerprint density at radius 2 is 1.92 bits per heavy atom. The predicted molar refractivity (Wildman–Crippen MR) is 96.2 cm³/mol. The van der Waals surface area contributed by atoms with Crippen LogP contribution in [0.4, 0.5) is 9.18 Å². The highest BCUT2D eigenvalue weighted by Gasteiger charge is 2.23. The van der Waals surface area contributed by atoms with E-state index in [2.05, 4.69) is 5.32 Å². The molecule has 1 unspecified atom stereocenters. The highest BCUT2D eigenvalue weighted by molar-refractivity contribution is 5.96. The van der Waals surface area contributed by atoms with Crippen molar-refractivity contribution in [3.63, 3.8) is 0 Å². The number of alkyl carbamates (subject to hydrolysis) is 1. The van der Waals surface area contributed by atoms with Crippen LogP contribution in [0.25, 0.3) is 0 Å². The Morgan fingerprint density at radius 1 is 1.28 bits per heavy atom. The first-order valence-corrected chi connectivity index (χ1v) is 8.65. The summed E-state index contributed by atoms with van der Waals surface area (Å²) < 4.78 is 18.8. The second-order valence-electron chi connectivity index (χ2n) is 6.98. The molecule has 140 valence electrons. The lowest BCUT2D eigenvalue weighted by Crippen LogP contribution is -2.46. The van der Waals surface area contributed by atoms with E-state index in [1.165, 1.54) is 12.1 Å². The molecule has 1 aromatic carbocycles. The summed E-state index contributed by atoms with van der Waals surface area (Å²) in [6.45, 7) is 11.7. The molecule has 0 heterocycles. The zero-order valence-corrected chi connectivity index (χ0v) is 16.0. The summed E-state index contributed by atoms with van der Waals surface area (Å²) in [5.74, 6) is -0.673. The van der Waals surface area contributed by atoms with Gasteiger partial charge in [0.15, 0.2) is 0 Å². The smallest absolute Gasteiger partial charge is 0.407 e. The number of carbonyl (C=O) groups excluding carboxylic acids is 2. The van der Waals surface area contributed by atoms with Crippen LogP contribution in [0, 0.1) is 5.82 Å². The van der Waals surface area contributed by atoms with Gasteiger partial charge in [-0.1, -0.05) is 13.0 Å². The number of carbonyl (C=O) groups is 2.